The van der Waals surface area contributed by atoms with Gasteiger partial charge in [-0.15, -0.1) is 0 Å². The third-order valence-corrected chi connectivity index (χ3v) is 2.92. The highest BCUT2D eigenvalue weighted by molar-refractivity contribution is 6.12. The average molecular weight is 270 g/mol. The molecule has 0 aliphatic carbocycles. The van der Waals surface area contributed by atoms with Crippen LogP contribution in [0.3, 0.4) is 0 Å². The molecule has 2 heterocycles. The summed E-state index contributed by atoms with van der Waals surface area (Å²) in [5, 5.41) is 19.7. The number of rotatable bonds is 4. The van der Waals surface area contributed by atoms with E-state index < -0.39 is 30.2 Å². The first kappa shape index (κ1) is 13.7. The van der Waals surface area contributed by atoms with Gasteiger partial charge in [0.1, 0.15) is 12.5 Å². The number of imide groups is 1. The van der Waals surface area contributed by atoms with Crippen LogP contribution in [0.2, 0.25) is 0 Å². The van der Waals surface area contributed by atoms with E-state index in [9.17, 15) is 24.6 Å². The van der Waals surface area contributed by atoms with Gasteiger partial charge in [0.2, 0.25) is 0 Å². The van der Waals surface area contributed by atoms with Crippen molar-refractivity contribution in [3.05, 3.63) is 12.2 Å². The summed E-state index contributed by atoms with van der Waals surface area (Å²) in [6.45, 7) is -0.0937. The van der Waals surface area contributed by atoms with E-state index >= 15 is 0 Å². The van der Waals surface area contributed by atoms with Crippen LogP contribution in [0.5, 0.6) is 0 Å². The number of aliphatic hydroxyl groups is 2. The van der Waals surface area contributed by atoms with Gasteiger partial charge in [0, 0.05) is 18.7 Å². The molecule has 0 saturated carbocycles. The van der Waals surface area contributed by atoms with Crippen LogP contribution in [0.25, 0.3) is 0 Å². The fraction of sp³-hybridized carbons (Fsp3) is 0.545. The number of hydrogen-bond donors (Lipinski definition) is 2. The van der Waals surface area contributed by atoms with Crippen molar-refractivity contribution >= 4 is 17.8 Å². The van der Waals surface area contributed by atoms with Crippen molar-refractivity contribution in [2.45, 2.75) is 31.7 Å². The van der Waals surface area contributed by atoms with Crippen LogP contribution in [0.1, 0.15) is 19.3 Å². The molecule has 0 aromatic heterocycles. The van der Waals surface area contributed by atoms with Crippen molar-refractivity contribution in [1.29, 1.82) is 0 Å². The first-order valence-corrected chi connectivity index (χ1v) is 5.88. The molecule has 104 valence electrons. The molecule has 0 bridgehead atoms. The van der Waals surface area contributed by atoms with Gasteiger partial charge in [-0.2, -0.15) is 0 Å². The fourth-order valence-corrected chi connectivity index (χ4v) is 1.89. The second kappa shape index (κ2) is 5.47. The van der Waals surface area contributed by atoms with E-state index in [1.165, 1.54) is 0 Å². The largest absolute Gasteiger partial charge is 0.375 e. The Kier molecular flexibility index (Phi) is 3.93. The zero-order valence-corrected chi connectivity index (χ0v) is 10.1. The predicted molar refractivity (Wildman–Crippen MR) is 59.7 cm³/mol. The lowest BCUT2D eigenvalue weighted by Crippen LogP contribution is -2.39. The molecular formula is C11H14N2O6. The quantitative estimate of drug-likeness (QED) is 0.598. The number of hydroxylamine groups is 2. The Morgan fingerprint density at radius 3 is 2.26 bits per heavy atom. The molecule has 1 fully saturated rings. The lowest BCUT2D eigenvalue weighted by molar-refractivity contribution is -0.261. The number of amides is 2. The van der Waals surface area contributed by atoms with E-state index in [2.05, 4.69) is 0 Å². The third-order valence-electron chi connectivity index (χ3n) is 2.92. The molecule has 0 aromatic rings. The van der Waals surface area contributed by atoms with Crippen molar-refractivity contribution < 1.29 is 29.4 Å². The number of hydrogen-bond acceptors (Lipinski definition) is 7. The molecular weight excluding hydrogens is 256 g/mol. The van der Waals surface area contributed by atoms with Crippen LogP contribution in [0.4, 0.5) is 0 Å². The first-order chi connectivity index (χ1) is 8.99. The Morgan fingerprint density at radius 1 is 1.21 bits per heavy atom. The highest BCUT2D eigenvalue weighted by Crippen LogP contribution is 2.21. The van der Waals surface area contributed by atoms with Crippen molar-refractivity contribution in [3.63, 3.8) is 0 Å². The van der Waals surface area contributed by atoms with Gasteiger partial charge in [-0.25, -0.2) is 0 Å². The van der Waals surface area contributed by atoms with Crippen LogP contribution in [0.15, 0.2) is 12.2 Å². The molecule has 0 spiro atoms. The van der Waals surface area contributed by atoms with Gasteiger partial charge in [0.05, 0.1) is 6.42 Å². The zero-order valence-electron chi connectivity index (χ0n) is 10.1. The first-order valence-electron chi connectivity index (χ1n) is 5.88. The molecule has 2 aliphatic heterocycles. The van der Waals surface area contributed by atoms with Gasteiger partial charge in [-0.1, -0.05) is 5.06 Å². The van der Waals surface area contributed by atoms with Gasteiger partial charge in [0.25, 0.3) is 11.8 Å². The summed E-state index contributed by atoms with van der Waals surface area (Å²) < 4.78 is 0. The summed E-state index contributed by atoms with van der Waals surface area (Å²) in [6, 6.07) is 0. The van der Waals surface area contributed by atoms with E-state index in [1.54, 1.807) is 0 Å². The molecule has 8 nitrogen and oxygen atoms in total. The van der Waals surface area contributed by atoms with E-state index in [1.807, 2.05) is 0 Å². The topological polar surface area (TPSA) is 107 Å². The fourth-order valence-electron chi connectivity index (χ4n) is 1.89. The number of carbonyl (C=O) groups is 3. The second-order valence-electron chi connectivity index (χ2n) is 4.27. The predicted octanol–water partition coefficient (Wildman–Crippen LogP) is -1.51. The number of carbonyl (C=O) groups excluding carboxylic acids is 3. The van der Waals surface area contributed by atoms with Gasteiger partial charge in [-0.3, -0.25) is 19.3 Å². The standard InChI is InChI=1S/C11H14N2O6/c14-7-1-2-8(15)12(7)6-5-11(18)19-13-9(16)3-4-10(13)17/h1-2,9-10,16-17H,3-6H2. The van der Waals surface area contributed by atoms with Crippen LogP contribution < -0.4 is 0 Å². The van der Waals surface area contributed by atoms with Crippen LogP contribution in [-0.4, -0.2) is 57.0 Å². The number of aliphatic hydroxyl groups excluding tert-OH is 2. The minimum absolute atomic E-state index is 0.0937. The summed E-state index contributed by atoms with van der Waals surface area (Å²) in [6.07, 6.45) is 0.604. The Morgan fingerprint density at radius 2 is 1.74 bits per heavy atom. The summed E-state index contributed by atoms with van der Waals surface area (Å²) in [5.41, 5.74) is 0. The van der Waals surface area contributed by atoms with Gasteiger partial charge in [-0.05, 0) is 12.8 Å². The van der Waals surface area contributed by atoms with Gasteiger partial charge < -0.3 is 15.1 Å². The summed E-state index contributed by atoms with van der Waals surface area (Å²) in [5.74, 6) is -1.68. The molecule has 2 N–H and O–H groups in total. The zero-order chi connectivity index (χ0) is 14.0. The molecule has 2 amide bonds. The molecule has 0 radical (unpaired) electrons. The Balaban J connectivity index is 1.79. The summed E-state index contributed by atoms with van der Waals surface area (Å²) in [4.78, 5) is 39.7. The minimum Gasteiger partial charge on any atom is -0.375 e. The molecule has 2 atom stereocenters. The van der Waals surface area contributed by atoms with Crippen LogP contribution in [-0.2, 0) is 19.2 Å². The highest BCUT2D eigenvalue weighted by Gasteiger charge is 2.34. The molecule has 2 rings (SSSR count). The van der Waals surface area contributed by atoms with Gasteiger partial charge >= 0.3 is 5.97 Å². The average Bonchev–Trinajstić information content (AvgIpc) is 2.84. The van der Waals surface area contributed by atoms with Gasteiger partial charge in [0.15, 0.2) is 0 Å². The SMILES string of the molecule is O=C(CCN1C(=O)C=CC1=O)ON1C(O)CCC1O. The molecule has 2 aliphatic rings. The lowest BCUT2D eigenvalue weighted by atomic mass is 10.3. The molecule has 0 aromatic carbocycles. The van der Waals surface area contributed by atoms with Crippen LogP contribution in [0, 0.1) is 0 Å². The smallest absolute Gasteiger partial charge is 0.327 e. The number of nitrogens with zero attached hydrogens (tertiary/aromatic N) is 2. The Hall–Kier alpha value is -1.77. The maximum atomic E-state index is 11.5. The van der Waals surface area contributed by atoms with E-state index in [4.69, 9.17) is 4.84 Å². The van der Waals surface area contributed by atoms with E-state index in [0.717, 1.165) is 22.1 Å². The van der Waals surface area contributed by atoms with Crippen molar-refractivity contribution in [1.82, 2.24) is 9.96 Å². The van der Waals surface area contributed by atoms with Crippen molar-refractivity contribution in [2.75, 3.05) is 6.54 Å². The molecule has 1 saturated heterocycles. The Labute approximate surface area is 108 Å². The summed E-state index contributed by atoms with van der Waals surface area (Å²) in [7, 11) is 0. The van der Waals surface area contributed by atoms with E-state index in [0.29, 0.717) is 12.8 Å². The molecule has 19 heavy (non-hydrogen) atoms. The maximum absolute atomic E-state index is 11.5. The lowest BCUT2D eigenvalue weighted by Gasteiger charge is -2.22. The molecule has 2 unspecified atom stereocenters. The molecule has 8 heteroatoms. The summed E-state index contributed by atoms with van der Waals surface area (Å²) >= 11 is 0. The highest BCUT2D eigenvalue weighted by atomic mass is 16.7. The van der Waals surface area contributed by atoms with Crippen LogP contribution >= 0.6 is 0 Å². The van der Waals surface area contributed by atoms with E-state index in [-0.39, 0.29) is 13.0 Å². The monoisotopic (exact) mass is 270 g/mol. The third kappa shape index (κ3) is 2.98. The minimum atomic E-state index is -1.03. The van der Waals surface area contributed by atoms with Crippen molar-refractivity contribution in [2.24, 2.45) is 0 Å². The second-order valence-corrected chi connectivity index (χ2v) is 4.27. The maximum Gasteiger partial charge on any atom is 0.327 e. The Bertz CT molecular complexity index is 407. The van der Waals surface area contributed by atoms with Crippen molar-refractivity contribution in [3.8, 4) is 0 Å². The normalized spacial score (nSPS) is 27.4.